The van der Waals surface area contributed by atoms with E-state index >= 15 is 0 Å². The third-order valence-corrected chi connectivity index (χ3v) is 2.50. The Morgan fingerprint density at radius 3 is 2.80 bits per heavy atom. The highest BCUT2D eigenvalue weighted by atomic mass is 16.7. The molecule has 1 aliphatic heterocycles. The molecule has 0 N–H and O–H groups in total. The highest BCUT2D eigenvalue weighted by Gasteiger charge is 2.18. The van der Waals surface area contributed by atoms with Crippen molar-refractivity contribution < 1.29 is 9.63 Å². The minimum Gasteiger partial charge on any atom is -0.273 e. The van der Waals surface area contributed by atoms with Gasteiger partial charge in [-0.25, -0.2) is 5.06 Å². The fourth-order valence-electron chi connectivity index (χ4n) is 1.66. The molecule has 0 atom stereocenters. The van der Waals surface area contributed by atoms with Gasteiger partial charge in [-0.2, -0.15) is 0 Å². The highest BCUT2D eigenvalue weighted by Crippen LogP contribution is 2.09. The van der Waals surface area contributed by atoms with Crippen LogP contribution in [0.25, 0.3) is 0 Å². The molecule has 0 spiro atoms. The van der Waals surface area contributed by atoms with E-state index in [-0.39, 0.29) is 5.91 Å². The lowest BCUT2D eigenvalue weighted by atomic mass is 10.1. The van der Waals surface area contributed by atoms with Crippen LogP contribution in [0.1, 0.15) is 18.4 Å². The quantitative estimate of drug-likeness (QED) is 0.752. The molecule has 3 nitrogen and oxygen atoms in total. The third-order valence-electron chi connectivity index (χ3n) is 2.50. The minimum absolute atomic E-state index is 0.0938. The monoisotopic (exact) mass is 205 g/mol. The zero-order valence-corrected chi connectivity index (χ0v) is 8.69. The molecule has 80 valence electrons. The van der Waals surface area contributed by atoms with E-state index in [1.54, 1.807) is 0 Å². The maximum atomic E-state index is 11.6. The summed E-state index contributed by atoms with van der Waals surface area (Å²) in [6, 6.07) is 10.0. The molecular formula is C12H15NO2. The fourth-order valence-corrected chi connectivity index (χ4v) is 1.66. The smallest absolute Gasteiger partial charge is 0.246 e. The van der Waals surface area contributed by atoms with E-state index in [0.717, 1.165) is 19.4 Å². The first-order chi connectivity index (χ1) is 7.36. The molecule has 0 radical (unpaired) electrons. The van der Waals surface area contributed by atoms with E-state index < -0.39 is 0 Å². The average molecular weight is 205 g/mol. The van der Waals surface area contributed by atoms with Crippen LogP contribution in [0.15, 0.2) is 30.3 Å². The molecule has 0 unspecified atom stereocenters. The van der Waals surface area contributed by atoms with Gasteiger partial charge >= 0.3 is 0 Å². The zero-order valence-electron chi connectivity index (χ0n) is 8.69. The summed E-state index contributed by atoms with van der Waals surface area (Å²) < 4.78 is 0. The van der Waals surface area contributed by atoms with Crippen molar-refractivity contribution in [3.63, 3.8) is 0 Å². The Hall–Kier alpha value is -1.35. The second-order valence-corrected chi connectivity index (χ2v) is 3.67. The second-order valence-electron chi connectivity index (χ2n) is 3.67. The maximum Gasteiger partial charge on any atom is 0.246 e. The van der Waals surface area contributed by atoms with Crippen LogP contribution in [0.2, 0.25) is 0 Å². The molecule has 1 aromatic carbocycles. The topological polar surface area (TPSA) is 29.5 Å². The molecule has 1 fully saturated rings. The third kappa shape index (κ3) is 2.80. The molecule has 1 saturated heterocycles. The normalized spacial score (nSPS) is 15.6. The standard InChI is InChI=1S/C12H15NO2/c14-12(13-9-4-10-15-13)8-7-11-5-2-1-3-6-11/h1-3,5-6H,4,7-10H2. The van der Waals surface area contributed by atoms with Crippen LogP contribution in [0, 0.1) is 0 Å². The van der Waals surface area contributed by atoms with Crippen molar-refractivity contribution in [3.05, 3.63) is 35.9 Å². The van der Waals surface area contributed by atoms with Crippen molar-refractivity contribution in [2.24, 2.45) is 0 Å². The first kappa shape index (κ1) is 10.2. The van der Waals surface area contributed by atoms with Crippen LogP contribution < -0.4 is 0 Å². The molecule has 0 saturated carbocycles. The van der Waals surface area contributed by atoms with Crippen LogP contribution in [0.5, 0.6) is 0 Å². The Labute approximate surface area is 89.6 Å². The predicted octanol–water partition coefficient (Wildman–Crippen LogP) is 1.78. The Kier molecular flexibility index (Phi) is 3.35. The van der Waals surface area contributed by atoms with E-state index in [4.69, 9.17) is 4.84 Å². The number of carbonyl (C=O) groups is 1. The van der Waals surface area contributed by atoms with Gasteiger partial charge in [0, 0.05) is 6.42 Å². The molecule has 2 rings (SSSR count). The van der Waals surface area contributed by atoms with Crippen LogP contribution in [-0.4, -0.2) is 24.1 Å². The lowest BCUT2D eigenvalue weighted by Gasteiger charge is -2.13. The summed E-state index contributed by atoms with van der Waals surface area (Å²) in [5, 5.41) is 1.49. The zero-order chi connectivity index (χ0) is 10.5. The van der Waals surface area contributed by atoms with Crippen LogP contribution >= 0.6 is 0 Å². The Balaban J connectivity index is 1.80. The Morgan fingerprint density at radius 1 is 1.33 bits per heavy atom. The van der Waals surface area contributed by atoms with Gasteiger partial charge in [-0.05, 0) is 18.4 Å². The molecule has 15 heavy (non-hydrogen) atoms. The number of aryl methyl sites for hydroxylation is 1. The minimum atomic E-state index is 0.0938. The molecule has 1 heterocycles. The van der Waals surface area contributed by atoms with Gasteiger partial charge in [0.25, 0.3) is 0 Å². The van der Waals surface area contributed by atoms with Crippen molar-refractivity contribution in [1.82, 2.24) is 5.06 Å². The van der Waals surface area contributed by atoms with E-state index in [1.165, 1.54) is 10.6 Å². The van der Waals surface area contributed by atoms with Gasteiger partial charge in [0.15, 0.2) is 0 Å². The SMILES string of the molecule is O=C(CCc1ccccc1)N1CCCO1. The van der Waals surface area contributed by atoms with Gasteiger partial charge in [0.2, 0.25) is 5.91 Å². The number of benzene rings is 1. The largest absolute Gasteiger partial charge is 0.273 e. The molecule has 0 aromatic heterocycles. The fraction of sp³-hybridized carbons (Fsp3) is 0.417. The molecule has 0 aliphatic carbocycles. The van der Waals surface area contributed by atoms with Gasteiger partial charge in [-0.3, -0.25) is 9.63 Å². The summed E-state index contributed by atoms with van der Waals surface area (Å²) in [5.74, 6) is 0.0938. The lowest BCUT2D eigenvalue weighted by molar-refractivity contribution is -0.168. The van der Waals surface area contributed by atoms with Gasteiger partial charge in [0.1, 0.15) is 0 Å². The van der Waals surface area contributed by atoms with Crippen molar-refractivity contribution in [2.75, 3.05) is 13.2 Å². The molecule has 0 bridgehead atoms. The van der Waals surface area contributed by atoms with Crippen LogP contribution in [-0.2, 0) is 16.1 Å². The highest BCUT2D eigenvalue weighted by molar-refractivity contribution is 5.75. The number of amides is 1. The van der Waals surface area contributed by atoms with Crippen molar-refractivity contribution in [3.8, 4) is 0 Å². The number of rotatable bonds is 3. The summed E-state index contributed by atoms with van der Waals surface area (Å²) in [4.78, 5) is 16.8. The van der Waals surface area contributed by atoms with Crippen molar-refractivity contribution in [2.45, 2.75) is 19.3 Å². The summed E-state index contributed by atoms with van der Waals surface area (Å²) in [6.07, 6.45) is 2.28. The molecule has 1 amide bonds. The summed E-state index contributed by atoms with van der Waals surface area (Å²) >= 11 is 0. The summed E-state index contributed by atoms with van der Waals surface area (Å²) in [6.45, 7) is 1.42. The first-order valence-electron chi connectivity index (χ1n) is 5.33. The Morgan fingerprint density at radius 2 is 2.13 bits per heavy atom. The Bertz CT molecular complexity index is 318. The van der Waals surface area contributed by atoms with Crippen molar-refractivity contribution in [1.29, 1.82) is 0 Å². The molecular weight excluding hydrogens is 190 g/mol. The van der Waals surface area contributed by atoms with E-state index in [2.05, 4.69) is 0 Å². The second kappa shape index (κ2) is 4.94. The number of hydrogen-bond donors (Lipinski definition) is 0. The van der Waals surface area contributed by atoms with Crippen LogP contribution in [0.4, 0.5) is 0 Å². The lowest BCUT2D eigenvalue weighted by Crippen LogP contribution is -2.26. The number of carbonyl (C=O) groups excluding carboxylic acids is 1. The maximum absolute atomic E-state index is 11.6. The number of nitrogens with zero attached hydrogens (tertiary/aromatic N) is 1. The summed E-state index contributed by atoms with van der Waals surface area (Å²) in [5.41, 5.74) is 1.20. The molecule has 1 aromatic rings. The van der Waals surface area contributed by atoms with Gasteiger partial charge < -0.3 is 0 Å². The van der Waals surface area contributed by atoms with Crippen LogP contribution in [0.3, 0.4) is 0 Å². The van der Waals surface area contributed by atoms with Gasteiger partial charge in [-0.15, -0.1) is 0 Å². The predicted molar refractivity (Wildman–Crippen MR) is 57.0 cm³/mol. The first-order valence-corrected chi connectivity index (χ1v) is 5.33. The van der Waals surface area contributed by atoms with E-state index in [1.807, 2.05) is 30.3 Å². The van der Waals surface area contributed by atoms with E-state index in [0.29, 0.717) is 13.0 Å². The van der Waals surface area contributed by atoms with Gasteiger partial charge in [0.05, 0.1) is 13.2 Å². The molecule has 3 heteroatoms. The number of hydroxylamine groups is 2. The van der Waals surface area contributed by atoms with Gasteiger partial charge in [-0.1, -0.05) is 30.3 Å². The average Bonchev–Trinajstić information content (AvgIpc) is 2.81. The molecule has 1 aliphatic rings. The van der Waals surface area contributed by atoms with E-state index in [9.17, 15) is 4.79 Å². The number of hydrogen-bond acceptors (Lipinski definition) is 2. The summed E-state index contributed by atoms with van der Waals surface area (Å²) in [7, 11) is 0. The van der Waals surface area contributed by atoms with Crippen molar-refractivity contribution >= 4 is 5.91 Å².